The van der Waals surface area contributed by atoms with E-state index in [-0.39, 0.29) is 11.8 Å². The molecule has 3 N–H and O–H groups in total. The van der Waals surface area contributed by atoms with Crippen LogP contribution < -0.4 is 11.1 Å². The summed E-state index contributed by atoms with van der Waals surface area (Å²) in [6.07, 6.45) is 9.23. The molecular weight excluding hydrogens is 496 g/mol. The Hall–Kier alpha value is -3.51. The Morgan fingerprint density at radius 1 is 0.900 bits per heavy atom. The number of carbonyl (C=O) groups is 2. The molecule has 2 amide bonds. The number of benzene rings is 2. The summed E-state index contributed by atoms with van der Waals surface area (Å²) in [5.41, 5.74) is 11.5. The second-order valence-corrected chi connectivity index (χ2v) is 12.4. The standard InChI is InChI=1S/C34H42N4O2/c1-34(2,35)27-15-13-26(14-16-27)33-30(25-7-5-4-6-8-25)21-28(22-36-33)37-31(39)19-23-11-17-29(18-12-23)38(3)32(40)20-24-9-10-24/h4-8,13-16,21-24,29H,9-12,17-20,35H2,1-3H3,(H,37,39)/t23-,29-. The van der Waals surface area contributed by atoms with Crippen molar-refractivity contribution in [3.05, 3.63) is 72.4 Å². The van der Waals surface area contributed by atoms with Gasteiger partial charge in [-0.1, -0.05) is 54.6 Å². The quantitative estimate of drug-likeness (QED) is 0.315. The van der Waals surface area contributed by atoms with Crippen molar-refractivity contribution < 1.29 is 9.59 Å². The number of nitrogens with zero attached hydrogens (tertiary/aromatic N) is 2. The third-order valence-electron chi connectivity index (χ3n) is 8.55. The number of nitrogens with two attached hydrogens (primary N) is 1. The number of nitrogens with one attached hydrogen (secondary N) is 1. The topological polar surface area (TPSA) is 88.3 Å². The molecule has 1 heterocycles. The second-order valence-electron chi connectivity index (χ2n) is 12.4. The molecule has 0 atom stereocenters. The SMILES string of the molecule is CN(C(=O)CC1CC1)[C@H]1CC[C@H](CC(=O)Nc2cnc(-c3ccc(C(C)(C)N)cc3)c(-c3ccccc3)c2)CC1. The van der Waals surface area contributed by atoms with Crippen LogP contribution in [-0.2, 0) is 15.1 Å². The van der Waals surface area contributed by atoms with Gasteiger partial charge in [0.05, 0.1) is 17.6 Å². The third-order valence-corrected chi connectivity index (χ3v) is 8.55. The zero-order chi connectivity index (χ0) is 28.3. The van der Waals surface area contributed by atoms with Gasteiger partial charge in [0.1, 0.15) is 0 Å². The van der Waals surface area contributed by atoms with Gasteiger partial charge < -0.3 is 16.0 Å². The second kappa shape index (κ2) is 11.9. The summed E-state index contributed by atoms with van der Waals surface area (Å²) in [7, 11) is 1.96. The van der Waals surface area contributed by atoms with Crippen molar-refractivity contribution in [3.63, 3.8) is 0 Å². The lowest BCUT2D eigenvalue weighted by Gasteiger charge is -2.34. The molecule has 210 valence electrons. The largest absolute Gasteiger partial charge is 0.343 e. The number of anilines is 1. The van der Waals surface area contributed by atoms with Gasteiger partial charge >= 0.3 is 0 Å². The van der Waals surface area contributed by atoms with Crippen molar-refractivity contribution in [3.8, 4) is 22.4 Å². The fourth-order valence-electron chi connectivity index (χ4n) is 5.79. The molecule has 2 aliphatic rings. The number of aromatic nitrogens is 1. The lowest BCUT2D eigenvalue weighted by Crippen LogP contribution is -2.39. The van der Waals surface area contributed by atoms with E-state index in [0.29, 0.717) is 36.4 Å². The number of hydrogen-bond donors (Lipinski definition) is 2. The highest BCUT2D eigenvalue weighted by Crippen LogP contribution is 2.36. The number of hydrogen-bond acceptors (Lipinski definition) is 4. The van der Waals surface area contributed by atoms with Crippen molar-refractivity contribution in [2.24, 2.45) is 17.6 Å². The molecule has 0 bridgehead atoms. The summed E-state index contributed by atoms with van der Waals surface area (Å²) in [5.74, 6) is 1.26. The molecule has 0 saturated heterocycles. The van der Waals surface area contributed by atoms with Crippen LogP contribution in [0.4, 0.5) is 5.69 Å². The highest BCUT2D eigenvalue weighted by Gasteiger charge is 2.31. The Kier molecular flexibility index (Phi) is 8.36. The summed E-state index contributed by atoms with van der Waals surface area (Å²) >= 11 is 0. The summed E-state index contributed by atoms with van der Waals surface area (Å²) in [6.45, 7) is 3.99. The average Bonchev–Trinajstić information content (AvgIpc) is 3.77. The molecule has 40 heavy (non-hydrogen) atoms. The van der Waals surface area contributed by atoms with Gasteiger partial charge in [0.2, 0.25) is 11.8 Å². The maximum absolute atomic E-state index is 13.1. The van der Waals surface area contributed by atoms with Crippen LogP contribution in [0.15, 0.2) is 66.9 Å². The highest BCUT2D eigenvalue weighted by atomic mass is 16.2. The molecule has 0 radical (unpaired) electrons. The normalized spacial score (nSPS) is 19.2. The minimum Gasteiger partial charge on any atom is -0.343 e. The molecule has 6 nitrogen and oxygen atoms in total. The first kappa shape index (κ1) is 28.0. The number of amides is 2. The Labute approximate surface area is 238 Å². The molecule has 3 aromatic rings. The fourth-order valence-corrected chi connectivity index (χ4v) is 5.79. The first-order chi connectivity index (χ1) is 19.2. The summed E-state index contributed by atoms with van der Waals surface area (Å²) in [4.78, 5) is 32.3. The van der Waals surface area contributed by atoms with Gasteiger partial charge in [0.25, 0.3) is 0 Å². The van der Waals surface area contributed by atoms with E-state index in [0.717, 1.165) is 53.6 Å². The van der Waals surface area contributed by atoms with E-state index in [9.17, 15) is 9.59 Å². The van der Waals surface area contributed by atoms with Gasteiger partial charge in [-0.15, -0.1) is 0 Å². The van der Waals surface area contributed by atoms with Gasteiger partial charge in [-0.25, -0.2) is 0 Å². The number of rotatable bonds is 9. The van der Waals surface area contributed by atoms with Crippen molar-refractivity contribution in [1.82, 2.24) is 9.88 Å². The van der Waals surface area contributed by atoms with E-state index in [1.807, 2.05) is 50.1 Å². The van der Waals surface area contributed by atoms with Crippen LogP contribution in [0, 0.1) is 11.8 Å². The van der Waals surface area contributed by atoms with Crippen LogP contribution >= 0.6 is 0 Å². The summed E-state index contributed by atoms with van der Waals surface area (Å²) < 4.78 is 0. The lowest BCUT2D eigenvalue weighted by atomic mass is 9.83. The smallest absolute Gasteiger partial charge is 0.224 e. The van der Waals surface area contributed by atoms with Gasteiger partial charge in [0.15, 0.2) is 0 Å². The number of carbonyl (C=O) groups excluding carboxylic acids is 2. The number of pyridine rings is 1. The maximum Gasteiger partial charge on any atom is 0.224 e. The summed E-state index contributed by atoms with van der Waals surface area (Å²) in [5, 5.41) is 3.11. The van der Waals surface area contributed by atoms with Crippen molar-refractivity contribution in [2.45, 2.75) is 76.8 Å². The minimum absolute atomic E-state index is 0.0182. The van der Waals surface area contributed by atoms with E-state index in [1.165, 1.54) is 12.8 Å². The van der Waals surface area contributed by atoms with Crippen LogP contribution in [-0.4, -0.2) is 34.8 Å². The predicted molar refractivity (Wildman–Crippen MR) is 161 cm³/mol. The van der Waals surface area contributed by atoms with Gasteiger partial charge in [-0.05, 0) is 81.4 Å². The lowest BCUT2D eigenvalue weighted by molar-refractivity contribution is -0.133. The van der Waals surface area contributed by atoms with Crippen LogP contribution in [0.3, 0.4) is 0 Å². The predicted octanol–water partition coefficient (Wildman–Crippen LogP) is 6.76. The van der Waals surface area contributed by atoms with Gasteiger partial charge in [-0.3, -0.25) is 14.6 Å². The molecule has 6 heteroatoms. The van der Waals surface area contributed by atoms with Gasteiger partial charge in [-0.2, -0.15) is 0 Å². The van der Waals surface area contributed by atoms with E-state index >= 15 is 0 Å². The van der Waals surface area contributed by atoms with Gasteiger partial charge in [0, 0.05) is 42.6 Å². The van der Waals surface area contributed by atoms with Crippen molar-refractivity contribution >= 4 is 17.5 Å². The first-order valence-electron chi connectivity index (χ1n) is 14.7. The molecule has 2 aliphatic carbocycles. The molecular formula is C34H42N4O2. The average molecular weight is 539 g/mol. The Morgan fingerprint density at radius 3 is 2.15 bits per heavy atom. The molecule has 2 saturated carbocycles. The Balaban J connectivity index is 1.24. The highest BCUT2D eigenvalue weighted by molar-refractivity contribution is 5.93. The first-order valence-corrected chi connectivity index (χ1v) is 14.7. The van der Waals surface area contributed by atoms with Crippen LogP contribution in [0.5, 0.6) is 0 Å². The van der Waals surface area contributed by atoms with Crippen LogP contribution in [0.2, 0.25) is 0 Å². The zero-order valence-electron chi connectivity index (χ0n) is 24.0. The molecule has 0 spiro atoms. The fraction of sp³-hybridized carbons (Fsp3) is 0.441. The summed E-state index contributed by atoms with van der Waals surface area (Å²) in [6, 6.07) is 20.7. The minimum atomic E-state index is -0.412. The zero-order valence-corrected chi connectivity index (χ0v) is 24.0. The Morgan fingerprint density at radius 2 is 1.52 bits per heavy atom. The molecule has 2 fully saturated rings. The van der Waals surface area contributed by atoms with Crippen molar-refractivity contribution in [2.75, 3.05) is 12.4 Å². The monoisotopic (exact) mass is 538 g/mol. The van der Waals surface area contributed by atoms with E-state index < -0.39 is 5.54 Å². The van der Waals surface area contributed by atoms with E-state index in [2.05, 4.69) is 41.7 Å². The van der Waals surface area contributed by atoms with E-state index in [4.69, 9.17) is 10.7 Å². The molecule has 0 unspecified atom stereocenters. The van der Waals surface area contributed by atoms with E-state index in [1.54, 1.807) is 6.20 Å². The third kappa shape index (κ3) is 6.97. The van der Waals surface area contributed by atoms with Crippen LogP contribution in [0.1, 0.15) is 70.8 Å². The molecule has 2 aromatic carbocycles. The maximum atomic E-state index is 13.1. The molecule has 5 rings (SSSR count). The molecule has 0 aliphatic heterocycles. The van der Waals surface area contributed by atoms with Crippen LogP contribution in [0.25, 0.3) is 22.4 Å². The Bertz CT molecular complexity index is 1320. The van der Waals surface area contributed by atoms with Crippen molar-refractivity contribution in [1.29, 1.82) is 0 Å². The molecule has 1 aromatic heterocycles.